The molecule has 0 unspecified atom stereocenters. The summed E-state index contributed by atoms with van der Waals surface area (Å²) >= 11 is 1.26. The van der Waals surface area contributed by atoms with Crippen LogP contribution in [-0.2, 0) is 11.4 Å². The smallest absolute Gasteiger partial charge is 0.277 e. The largest absolute Gasteiger partial charge is 0.484 e. The van der Waals surface area contributed by atoms with Crippen LogP contribution >= 0.6 is 11.8 Å². The molecule has 1 aliphatic carbocycles. The van der Waals surface area contributed by atoms with Crippen LogP contribution < -0.4 is 10.1 Å². The van der Waals surface area contributed by atoms with Crippen molar-refractivity contribution in [1.82, 2.24) is 15.5 Å². The van der Waals surface area contributed by atoms with Crippen molar-refractivity contribution in [2.75, 3.05) is 5.75 Å². The molecule has 1 N–H and O–H groups in total. The highest BCUT2D eigenvalue weighted by Crippen LogP contribution is 2.24. The van der Waals surface area contributed by atoms with Gasteiger partial charge in [-0.25, -0.2) is 0 Å². The first-order chi connectivity index (χ1) is 12.6. The Morgan fingerprint density at radius 1 is 1.31 bits per heavy atom. The Morgan fingerprint density at radius 3 is 2.92 bits per heavy atom. The normalized spacial score (nSPS) is 19.9. The summed E-state index contributed by atoms with van der Waals surface area (Å²) in [4.78, 5) is 12.1. The zero-order chi connectivity index (χ0) is 18.4. The number of carbonyl (C=O) groups excluding carboxylic acids is 1. The number of ether oxygens (including phenoxy) is 1. The molecule has 0 radical (unpaired) electrons. The Balaban J connectivity index is 1.43. The van der Waals surface area contributed by atoms with Crippen molar-refractivity contribution in [1.29, 1.82) is 0 Å². The molecule has 2 aromatic rings. The van der Waals surface area contributed by atoms with Crippen LogP contribution in [-0.4, -0.2) is 27.9 Å². The molecule has 1 heterocycles. The number of benzene rings is 1. The quantitative estimate of drug-likeness (QED) is 0.743. The summed E-state index contributed by atoms with van der Waals surface area (Å²) in [6.07, 6.45) is 4.71. The number of rotatable bonds is 7. The lowest BCUT2D eigenvalue weighted by atomic mass is 9.86. The van der Waals surface area contributed by atoms with Crippen LogP contribution in [0.2, 0.25) is 0 Å². The van der Waals surface area contributed by atoms with Crippen LogP contribution in [0, 0.1) is 12.8 Å². The summed E-state index contributed by atoms with van der Waals surface area (Å²) in [5, 5.41) is 11.5. The molecule has 1 amide bonds. The van der Waals surface area contributed by atoms with E-state index in [1.54, 1.807) is 0 Å². The number of aromatic nitrogens is 2. The lowest BCUT2D eigenvalue weighted by Crippen LogP contribution is -2.41. The maximum atomic E-state index is 12.1. The van der Waals surface area contributed by atoms with Crippen molar-refractivity contribution < 1.29 is 13.9 Å². The summed E-state index contributed by atoms with van der Waals surface area (Å²) < 4.78 is 11.2. The fourth-order valence-electron chi connectivity index (χ4n) is 3.12. The molecule has 1 fully saturated rings. The standard InChI is InChI=1S/C19H25N3O3S/c1-13-7-3-5-9-15(13)20-17(23)12-26-19-22-21-18(25-19)11-24-16-10-6-4-8-14(16)2/h4,6,8,10,13,15H,3,5,7,9,11-12H2,1-2H3,(H,20,23)/t13-,15-/m0/s1. The second-order valence-electron chi connectivity index (χ2n) is 6.74. The minimum atomic E-state index is 0.0182. The van der Waals surface area contributed by atoms with E-state index in [2.05, 4.69) is 22.4 Å². The molecule has 140 valence electrons. The van der Waals surface area contributed by atoms with Crippen LogP contribution in [0.4, 0.5) is 0 Å². The van der Waals surface area contributed by atoms with Crippen LogP contribution in [0.3, 0.4) is 0 Å². The maximum absolute atomic E-state index is 12.1. The van der Waals surface area contributed by atoms with E-state index in [9.17, 15) is 4.79 Å². The van der Waals surface area contributed by atoms with Crippen LogP contribution in [0.1, 0.15) is 44.1 Å². The highest BCUT2D eigenvalue weighted by Gasteiger charge is 2.23. The molecule has 2 atom stereocenters. The van der Waals surface area contributed by atoms with Crippen molar-refractivity contribution in [3.05, 3.63) is 35.7 Å². The number of hydrogen-bond acceptors (Lipinski definition) is 6. The van der Waals surface area contributed by atoms with Gasteiger partial charge in [0.1, 0.15) is 5.75 Å². The molecule has 3 rings (SSSR count). The second kappa shape index (κ2) is 9.07. The highest BCUT2D eigenvalue weighted by atomic mass is 32.2. The summed E-state index contributed by atoms with van der Waals surface area (Å²) in [7, 11) is 0. The van der Waals surface area contributed by atoms with Gasteiger partial charge in [-0.15, -0.1) is 10.2 Å². The van der Waals surface area contributed by atoms with Crippen molar-refractivity contribution in [3.8, 4) is 5.75 Å². The average molecular weight is 375 g/mol. The molecule has 1 aromatic heterocycles. The fraction of sp³-hybridized carbons (Fsp3) is 0.526. The Kier molecular flexibility index (Phi) is 6.55. The van der Waals surface area contributed by atoms with Gasteiger partial charge in [-0.3, -0.25) is 4.79 Å². The molecule has 26 heavy (non-hydrogen) atoms. The fourth-order valence-corrected chi connectivity index (χ4v) is 3.71. The summed E-state index contributed by atoms with van der Waals surface area (Å²) in [5.74, 6) is 2.04. The van der Waals surface area contributed by atoms with Gasteiger partial charge in [0.2, 0.25) is 5.91 Å². The van der Waals surface area contributed by atoms with E-state index in [-0.39, 0.29) is 24.3 Å². The minimum Gasteiger partial charge on any atom is -0.484 e. The summed E-state index contributed by atoms with van der Waals surface area (Å²) in [6.45, 7) is 4.40. The van der Waals surface area contributed by atoms with E-state index < -0.39 is 0 Å². The van der Waals surface area contributed by atoms with E-state index in [0.29, 0.717) is 17.0 Å². The summed E-state index contributed by atoms with van der Waals surface area (Å²) in [6, 6.07) is 8.05. The first-order valence-corrected chi connectivity index (χ1v) is 10.0. The average Bonchev–Trinajstić information content (AvgIpc) is 3.09. The molecule has 7 heteroatoms. The Bertz CT molecular complexity index is 734. The minimum absolute atomic E-state index is 0.0182. The zero-order valence-corrected chi connectivity index (χ0v) is 16.1. The number of nitrogens with one attached hydrogen (secondary N) is 1. The molecule has 6 nitrogen and oxygen atoms in total. The van der Waals surface area contributed by atoms with E-state index in [1.807, 2.05) is 31.2 Å². The number of amides is 1. The third kappa shape index (κ3) is 5.24. The van der Waals surface area contributed by atoms with E-state index in [4.69, 9.17) is 9.15 Å². The highest BCUT2D eigenvalue weighted by molar-refractivity contribution is 7.99. The van der Waals surface area contributed by atoms with Crippen LogP contribution in [0.25, 0.3) is 0 Å². The molecular formula is C19H25N3O3S. The number of para-hydroxylation sites is 1. The lowest BCUT2D eigenvalue weighted by Gasteiger charge is -2.29. The Morgan fingerprint density at radius 2 is 2.12 bits per heavy atom. The number of aryl methyl sites for hydroxylation is 1. The van der Waals surface area contributed by atoms with Crippen LogP contribution in [0.5, 0.6) is 5.75 Å². The molecule has 1 aliphatic rings. The van der Waals surface area contributed by atoms with Gasteiger partial charge in [-0.05, 0) is 37.3 Å². The predicted molar refractivity (Wildman–Crippen MR) is 100 cm³/mol. The van der Waals surface area contributed by atoms with Gasteiger partial charge >= 0.3 is 0 Å². The second-order valence-corrected chi connectivity index (χ2v) is 7.67. The van der Waals surface area contributed by atoms with Gasteiger partial charge in [0.05, 0.1) is 5.75 Å². The number of hydrogen-bond donors (Lipinski definition) is 1. The van der Waals surface area contributed by atoms with Crippen molar-refractivity contribution >= 4 is 17.7 Å². The van der Waals surface area contributed by atoms with Gasteiger partial charge in [0.15, 0.2) is 6.61 Å². The van der Waals surface area contributed by atoms with Gasteiger partial charge in [-0.2, -0.15) is 0 Å². The van der Waals surface area contributed by atoms with Gasteiger partial charge in [0, 0.05) is 6.04 Å². The zero-order valence-electron chi connectivity index (χ0n) is 15.2. The van der Waals surface area contributed by atoms with Gasteiger partial charge in [-0.1, -0.05) is 49.7 Å². The molecule has 0 aliphatic heterocycles. The Hall–Kier alpha value is -2.02. The topological polar surface area (TPSA) is 77.2 Å². The third-order valence-corrected chi connectivity index (χ3v) is 5.50. The van der Waals surface area contributed by atoms with Crippen molar-refractivity contribution in [2.45, 2.75) is 57.4 Å². The van der Waals surface area contributed by atoms with E-state index in [0.717, 1.165) is 17.7 Å². The first-order valence-electron chi connectivity index (χ1n) is 9.05. The molecule has 1 aromatic carbocycles. The lowest BCUT2D eigenvalue weighted by molar-refractivity contribution is -0.119. The van der Waals surface area contributed by atoms with E-state index in [1.165, 1.54) is 31.0 Å². The number of thioether (sulfide) groups is 1. The van der Waals surface area contributed by atoms with Gasteiger partial charge < -0.3 is 14.5 Å². The SMILES string of the molecule is Cc1ccccc1OCc1nnc(SCC(=O)N[C@H]2CCCC[C@@H]2C)o1. The van der Waals surface area contributed by atoms with Crippen LogP contribution in [0.15, 0.2) is 33.9 Å². The summed E-state index contributed by atoms with van der Waals surface area (Å²) in [5.41, 5.74) is 1.05. The van der Waals surface area contributed by atoms with E-state index >= 15 is 0 Å². The number of carbonyl (C=O) groups is 1. The Labute approximate surface area is 158 Å². The third-order valence-electron chi connectivity index (χ3n) is 4.68. The first kappa shape index (κ1) is 18.8. The van der Waals surface area contributed by atoms with Crippen molar-refractivity contribution in [2.24, 2.45) is 5.92 Å². The molecule has 1 saturated carbocycles. The molecule has 0 bridgehead atoms. The molecule has 0 saturated heterocycles. The molecule has 0 spiro atoms. The van der Waals surface area contributed by atoms with Crippen molar-refractivity contribution in [3.63, 3.8) is 0 Å². The predicted octanol–water partition coefficient (Wildman–Crippen LogP) is 3.74. The number of nitrogens with zero attached hydrogens (tertiary/aromatic N) is 2. The van der Waals surface area contributed by atoms with Gasteiger partial charge in [0.25, 0.3) is 11.1 Å². The molecular weight excluding hydrogens is 350 g/mol. The monoisotopic (exact) mass is 375 g/mol. The maximum Gasteiger partial charge on any atom is 0.277 e.